The molecule has 0 aliphatic heterocycles. The van der Waals surface area contributed by atoms with Crippen LogP contribution in [0.4, 0.5) is 5.69 Å². The minimum Gasteiger partial charge on any atom is -0.466 e. The van der Waals surface area contributed by atoms with Gasteiger partial charge in [0, 0.05) is 17.3 Å². The molecule has 2 aromatic rings. The average Bonchev–Trinajstić information content (AvgIpc) is 2.67. The molecule has 0 aliphatic carbocycles. The molecule has 0 spiro atoms. The van der Waals surface area contributed by atoms with E-state index in [1.807, 2.05) is 13.0 Å². The number of furan rings is 1. The molecule has 0 saturated heterocycles. The minimum atomic E-state index is -3.74. The lowest BCUT2D eigenvalue weighted by atomic mass is 10.1. The number of halogens is 1. The van der Waals surface area contributed by atoms with Gasteiger partial charge in [-0.1, -0.05) is 11.6 Å². The number of nitrogens with two attached hydrogens (primary N) is 1. The van der Waals surface area contributed by atoms with Gasteiger partial charge in [0.25, 0.3) is 0 Å². The van der Waals surface area contributed by atoms with E-state index in [9.17, 15) is 8.42 Å². The van der Waals surface area contributed by atoms with E-state index in [1.165, 1.54) is 18.2 Å². The predicted molar refractivity (Wildman–Crippen MR) is 82.8 cm³/mol. The fourth-order valence-corrected chi connectivity index (χ4v) is 3.95. The highest BCUT2D eigenvalue weighted by Crippen LogP contribution is 2.27. The van der Waals surface area contributed by atoms with Crippen LogP contribution in [0.25, 0.3) is 0 Å². The van der Waals surface area contributed by atoms with Gasteiger partial charge in [-0.3, -0.25) is 0 Å². The van der Waals surface area contributed by atoms with Crippen molar-refractivity contribution in [3.63, 3.8) is 0 Å². The van der Waals surface area contributed by atoms with Gasteiger partial charge < -0.3 is 10.2 Å². The molecule has 3 N–H and O–H groups in total. The number of rotatable bonds is 4. The zero-order valence-electron chi connectivity index (χ0n) is 12.0. The molecule has 1 aromatic carbocycles. The first-order valence-electron chi connectivity index (χ1n) is 6.35. The molecule has 0 aliphatic rings. The Bertz CT molecular complexity index is 769. The zero-order chi connectivity index (χ0) is 15.8. The van der Waals surface area contributed by atoms with Crippen LogP contribution >= 0.6 is 11.6 Å². The van der Waals surface area contributed by atoms with Crippen LogP contribution in [0, 0.1) is 13.8 Å². The Balaban J connectivity index is 2.31. The van der Waals surface area contributed by atoms with Crippen LogP contribution in [-0.4, -0.2) is 8.42 Å². The standard InChI is InChI=1S/C14H17ClN2O3S/c1-8-6-12(10(3)20-8)9(2)17-21(18,19)14-5-4-11(16)7-13(14)15/h4-7,9,17H,16H2,1-3H3. The fraction of sp³-hybridized carbons (Fsp3) is 0.286. The summed E-state index contributed by atoms with van der Waals surface area (Å²) >= 11 is 5.96. The normalized spacial score (nSPS) is 13.3. The Hall–Kier alpha value is -1.50. The van der Waals surface area contributed by atoms with E-state index < -0.39 is 16.1 Å². The van der Waals surface area contributed by atoms with Gasteiger partial charge in [0.15, 0.2) is 0 Å². The van der Waals surface area contributed by atoms with Gasteiger partial charge in [-0.25, -0.2) is 13.1 Å². The quantitative estimate of drug-likeness (QED) is 0.844. The van der Waals surface area contributed by atoms with Crippen LogP contribution in [-0.2, 0) is 10.0 Å². The van der Waals surface area contributed by atoms with Crippen molar-refractivity contribution in [3.05, 3.63) is 46.4 Å². The Morgan fingerprint density at radius 1 is 1.29 bits per heavy atom. The van der Waals surface area contributed by atoms with E-state index in [1.54, 1.807) is 13.8 Å². The van der Waals surface area contributed by atoms with E-state index in [0.29, 0.717) is 11.4 Å². The smallest absolute Gasteiger partial charge is 0.242 e. The number of anilines is 1. The summed E-state index contributed by atoms with van der Waals surface area (Å²) in [5.41, 5.74) is 6.78. The summed E-state index contributed by atoms with van der Waals surface area (Å²) in [7, 11) is -3.74. The molecule has 0 fully saturated rings. The second-order valence-corrected chi connectivity index (χ2v) is 6.99. The van der Waals surface area contributed by atoms with Crippen LogP contribution in [0.5, 0.6) is 0 Å². The first-order valence-corrected chi connectivity index (χ1v) is 8.21. The van der Waals surface area contributed by atoms with Crippen LogP contribution in [0.15, 0.2) is 33.6 Å². The van der Waals surface area contributed by atoms with Gasteiger partial charge in [-0.05, 0) is 45.0 Å². The number of sulfonamides is 1. The third kappa shape index (κ3) is 3.40. The Morgan fingerprint density at radius 3 is 2.48 bits per heavy atom. The highest BCUT2D eigenvalue weighted by atomic mass is 35.5. The maximum atomic E-state index is 12.4. The lowest BCUT2D eigenvalue weighted by Gasteiger charge is -2.14. The van der Waals surface area contributed by atoms with E-state index in [-0.39, 0.29) is 9.92 Å². The molecular weight excluding hydrogens is 312 g/mol. The van der Waals surface area contributed by atoms with Crippen molar-refractivity contribution in [1.82, 2.24) is 4.72 Å². The number of hydrogen-bond acceptors (Lipinski definition) is 4. The molecule has 0 saturated carbocycles. The monoisotopic (exact) mass is 328 g/mol. The SMILES string of the molecule is Cc1cc(C(C)NS(=O)(=O)c2ccc(N)cc2Cl)c(C)o1. The van der Waals surface area contributed by atoms with Crippen molar-refractivity contribution in [2.24, 2.45) is 0 Å². The van der Waals surface area contributed by atoms with Crippen molar-refractivity contribution < 1.29 is 12.8 Å². The lowest BCUT2D eigenvalue weighted by molar-refractivity contribution is 0.496. The van der Waals surface area contributed by atoms with Gasteiger partial charge in [0.2, 0.25) is 10.0 Å². The molecule has 0 amide bonds. The highest BCUT2D eigenvalue weighted by molar-refractivity contribution is 7.89. The number of aryl methyl sites for hydroxylation is 2. The number of nitrogen functional groups attached to an aromatic ring is 1. The summed E-state index contributed by atoms with van der Waals surface area (Å²) in [5, 5.41) is 0.0924. The van der Waals surface area contributed by atoms with Gasteiger partial charge in [-0.2, -0.15) is 0 Å². The molecule has 0 bridgehead atoms. The molecule has 1 unspecified atom stereocenters. The first kappa shape index (κ1) is 15.9. The maximum absolute atomic E-state index is 12.4. The van der Waals surface area contributed by atoms with Crippen molar-refractivity contribution in [2.75, 3.05) is 5.73 Å². The Kier molecular flexibility index (Phi) is 4.32. The fourth-order valence-electron chi connectivity index (χ4n) is 2.18. The van der Waals surface area contributed by atoms with E-state index in [0.717, 1.165) is 11.3 Å². The first-order chi connectivity index (χ1) is 9.70. The third-order valence-corrected chi connectivity index (χ3v) is 5.15. The number of benzene rings is 1. The lowest BCUT2D eigenvalue weighted by Crippen LogP contribution is -2.27. The van der Waals surface area contributed by atoms with Gasteiger partial charge in [0.05, 0.1) is 5.02 Å². The zero-order valence-corrected chi connectivity index (χ0v) is 13.5. The van der Waals surface area contributed by atoms with Gasteiger partial charge in [0.1, 0.15) is 16.4 Å². The second kappa shape index (κ2) is 5.71. The second-order valence-electron chi connectivity index (χ2n) is 4.90. The van der Waals surface area contributed by atoms with E-state index in [4.69, 9.17) is 21.8 Å². The molecule has 21 heavy (non-hydrogen) atoms. The van der Waals surface area contributed by atoms with Gasteiger partial charge in [-0.15, -0.1) is 0 Å². The molecule has 1 atom stereocenters. The maximum Gasteiger partial charge on any atom is 0.242 e. The minimum absolute atomic E-state index is 0.00286. The van der Waals surface area contributed by atoms with E-state index in [2.05, 4.69) is 4.72 Å². The molecule has 1 aromatic heterocycles. The molecule has 5 nitrogen and oxygen atoms in total. The molecule has 7 heteroatoms. The summed E-state index contributed by atoms with van der Waals surface area (Å²) in [6, 6.07) is 5.68. The van der Waals surface area contributed by atoms with Crippen LogP contribution in [0.3, 0.4) is 0 Å². The van der Waals surface area contributed by atoms with Crippen LogP contribution in [0.2, 0.25) is 5.02 Å². The largest absolute Gasteiger partial charge is 0.466 e. The average molecular weight is 329 g/mol. The molecule has 1 heterocycles. The molecule has 2 rings (SSSR count). The Morgan fingerprint density at radius 2 is 1.95 bits per heavy atom. The van der Waals surface area contributed by atoms with Crippen LogP contribution in [0.1, 0.15) is 30.0 Å². The summed E-state index contributed by atoms with van der Waals surface area (Å²) in [6.07, 6.45) is 0. The van der Waals surface area contributed by atoms with Crippen molar-refractivity contribution in [1.29, 1.82) is 0 Å². The predicted octanol–water partition coefficient (Wildman–Crippen LogP) is 3.17. The van der Waals surface area contributed by atoms with Crippen molar-refractivity contribution >= 4 is 27.3 Å². The highest BCUT2D eigenvalue weighted by Gasteiger charge is 2.23. The molecule has 114 valence electrons. The summed E-state index contributed by atoms with van der Waals surface area (Å²) in [4.78, 5) is 0.00286. The Labute approximate surface area is 129 Å². The van der Waals surface area contributed by atoms with Crippen LogP contribution < -0.4 is 10.5 Å². The summed E-state index contributed by atoms with van der Waals surface area (Å²) in [5.74, 6) is 1.42. The number of nitrogens with one attached hydrogen (secondary N) is 1. The van der Waals surface area contributed by atoms with Gasteiger partial charge >= 0.3 is 0 Å². The third-order valence-electron chi connectivity index (χ3n) is 3.12. The van der Waals surface area contributed by atoms with Crippen molar-refractivity contribution in [2.45, 2.75) is 31.7 Å². The van der Waals surface area contributed by atoms with E-state index >= 15 is 0 Å². The van der Waals surface area contributed by atoms with Crippen molar-refractivity contribution in [3.8, 4) is 0 Å². The topological polar surface area (TPSA) is 85.3 Å². The molecular formula is C14H17ClN2O3S. The number of hydrogen-bond donors (Lipinski definition) is 2. The molecule has 0 radical (unpaired) electrons. The summed E-state index contributed by atoms with van der Waals surface area (Å²) < 4.78 is 32.8. The summed E-state index contributed by atoms with van der Waals surface area (Å²) in [6.45, 7) is 5.36.